The Kier molecular flexibility index (Phi) is 13.6. The fraction of sp³-hybridized carbons (Fsp3) is 0.667. The summed E-state index contributed by atoms with van der Waals surface area (Å²) in [6.07, 6.45) is 0.798. The Hall–Kier alpha value is -3.62. The summed E-state index contributed by atoms with van der Waals surface area (Å²) >= 11 is 0. The minimum atomic E-state index is -1.25. The number of carbonyl (C=O) groups excluding carboxylic acids is 3. The third-order valence-corrected chi connectivity index (χ3v) is 4.30. The van der Waals surface area contributed by atoms with Gasteiger partial charge in [-0.25, -0.2) is 4.79 Å². The number of nitrogens with zero attached hydrogens (tertiary/aromatic N) is 2. The minimum Gasteiger partial charge on any atom is -0.480 e. The number of rotatable bonds is 15. The van der Waals surface area contributed by atoms with Crippen LogP contribution in [-0.4, -0.2) is 78.0 Å². The molecule has 15 nitrogen and oxygen atoms in total. The zero-order valence-corrected chi connectivity index (χ0v) is 18.9. The maximum Gasteiger partial charge on any atom is 0.326 e. The van der Waals surface area contributed by atoms with Gasteiger partial charge in [-0.2, -0.15) is 0 Å². The summed E-state index contributed by atoms with van der Waals surface area (Å²) in [6, 6.07) is -4.12. The molecule has 0 rings (SSSR count). The average Bonchev–Trinajstić information content (AvgIpc) is 2.71. The molecule has 33 heavy (non-hydrogen) atoms. The van der Waals surface area contributed by atoms with Gasteiger partial charge >= 0.3 is 5.97 Å². The Morgan fingerprint density at radius 2 is 1.21 bits per heavy atom. The van der Waals surface area contributed by atoms with Gasteiger partial charge in [0.25, 0.3) is 0 Å². The fourth-order valence-electron chi connectivity index (χ4n) is 2.51. The summed E-state index contributed by atoms with van der Waals surface area (Å²) in [7, 11) is 0. The number of hydrogen-bond acceptors (Lipinski definition) is 7. The first kappa shape index (κ1) is 29.4. The summed E-state index contributed by atoms with van der Waals surface area (Å²) in [5, 5.41) is 16.7. The molecule has 0 aliphatic heterocycles. The molecule has 0 fully saturated rings. The third kappa shape index (κ3) is 13.4. The van der Waals surface area contributed by atoms with Gasteiger partial charge < -0.3 is 49.7 Å². The third-order valence-electron chi connectivity index (χ3n) is 4.30. The van der Waals surface area contributed by atoms with Crippen molar-refractivity contribution in [2.45, 2.75) is 63.7 Å². The van der Waals surface area contributed by atoms with Gasteiger partial charge in [0.05, 0.1) is 6.04 Å². The van der Waals surface area contributed by atoms with Crippen LogP contribution in [0.3, 0.4) is 0 Å². The summed E-state index contributed by atoms with van der Waals surface area (Å²) < 4.78 is 0. The van der Waals surface area contributed by atoms with E-state index in [9.17, 15) is 24.3 Å². The topological polar surface area (TPSA) is 279 Å². The zero-order valence-electron chi connectivity index (χ0n) is 18.9. The molecule has 0 spiro atoms. The van der Waals surface area contributed by atoms with E-state index in [0.29, 0.717) is 12.8 Å². The normalized spacial score (nSPS) is 14.0. The lowest BCUT2D eigenvalue weighted by Crippen LogP contribution is -2.56. The second-order valence-electron chi connectivity index (χ2n) is 7.38. The molecule has 0 heterocycles. The molecule has 15 heteroatoms. The number of carboxylic acid groups (broad SMARTS) is 1. The van der Waals surface area contributed by atoms with Crippen LogP contribution in [0.5, 0.6) is 0 Å². The number of guanidine groups is 2. The Labute approximate surface area is 192 Å². The highest BCUT2D eigenvalue weighted by atomic mass is 16.4. The summed E-state index contributed by atoms with van der Waals surface area (Å²) in [4.78, 5) is 56.1. The second-order valence-corrected chi connectivity index (χ2v) is 7.38. The van der Waals surface area contributed by atoms with Crippen LogP contribution in [0.4, 0.5) is 0 Å². The van der Waals surface area contributed by atoms with Crippen LogP contribution >= 0.6 is 0 Å². The molecule has 0 aromatic heterocycles. The largest absolute Gasteiger partial charge is 0.480 e. The molecule has 0 aromatic rings. The fourth-order valence-corrected chi connectivity index (χ4v) is 2.51. The lowest BCUT2D eigenvalue weighted by atomic mass is 10.1. The van der Waals surface area contributed by atoms with Crippen LogP contribution in [0.1, 0.15) is 39.5 Å². The number of carboxylic acids is 1. The van der Waals surface area contributed by atoms with Gasteiger partial charge in [-0.15, -0.1) is 0 Å². The molecule has 0 aliphatic rings. The van der Waals surface area contributed by atoms with E-state index < -0.39 is 47.9 Å². The first-order valence-electron chi connectivity index (χ1n) is 10.3. The van der Waals surface area contributed by atoms with Crippen LogP contribution in [-0.2, 0) is 19.2 Å². The molecule has 0 saturated carbocycles. The second kappa shape index (κ2) is 15.2. The lowest BCUT2D eigenvalue weighted by Gasteiger charge is -2.23. The SMILES string of the molecule is C[C@H](N)C(=O)N[C@@H](C)C(=O)N[C@@H](CCCN=C(N)N)C(=O)N[C@@H](CCCN=C(N)N)C(=O)O. The molecule has 0 saturated heterocycles. The van der Waals surface area contributed by atoms with Crippen molar-refractivity contribution in [1.29, 1.82) is 0 Å². The molecule has 3 amide bonds. The Morgan fingerprint density at radius 1 is 0.758 bits per heavy atom. The number of aliphatic imine (C=N–C) groups is 2. The highest BCUT2D eigenvalue weighted by molar-refractivity contribution is 5.93. The monoisotopic (exact) mass is 472 g/mol. The van der Waals surface area contributed by atoms with Crippen LogP contribution in [0.15, 0.2) is 9.98 Å². The van der Waals surface area contributed by atoms with Crippen LogP contribution in [0, 0.1) is 0 Å². The first-order valence-corrected chi connectivity index (χ1v) is 10.3. The predicted molar refractivity (Wildman–Crippen MR) is 123 cm³/mol. The highest BCUT2D eigenvalue weighted by Crippen LogP contribution is 2.04. The number of carbonyl (C=O) groups is 4. The van der Waals surface area contributed by atoms with Crippen molar-refractivity contribution in [3.63, 3.8) is 0 Å². The van der Waals surface area contributed by atoms with Crippen molar-refractivity contribution in [2.75, 3.05) is 13.1 Å². The van der Waals surface area contributed by atoms with E-state index in [1.807, 2.05) is 0 Å². The lowest BCUT2D eigenvalue weighted by molar-refractivity contribution is -0.142. The average molecular weight is 473 g/mol. The van der Waals surface area contributed by atoms with Gasteiger partial charge in [0.15, 0.2) is 11.9 Å². The van der Waals surface area contributed by atoms with Gasteiger partial charge in [-0.1, -0.05) is 0 Å². The van der Waals surface area contributed by atoms with Gasteiger partial charge in [0, 0.05) is 13.1 Å². The molecule has 14 N–H and O–H groups in total. The number of nitrogens with two attached hydrogens (primary N) is 5. The summed E-state index contributed by atoms with van der Waals surface area (Å²) in [5.74, 6) is -3.41. The van der Waals surface area contributed by atoms with E-state index in [0.717, 1.165) is 0 Å². The van der Waals surface area contributed by atoms with Gasteiger partial charge in [0.1, 0.15) is 18.1 Å². The van der Waals surface area contributed by atoms with Crippen molar-refractivity contribution in [3.05, 3.63) is 0 Å². The van der Waals surface area contributed by atoms with Gasteiger partial charge in [-0.3, -0.25) is 24.4 Å². The van der Waals surface area contributed by atoms with Crippen molar-refractivity contribution in [1.82, 2.24) is 16.0 Å². The van der Waals surface area contributed by atoms with Crippen molar-refractivity contribution >= 4 is 35.6 Å². The van der Waals surface area contributed by atoms with E-state index in [1.165, 1.54) is 13.8 Å². The minimum absolute atomic E-state index is 0.0629. The Balaban J connectivity index is 5.22. The van der Waals surface area contributed by atoms with Gasteiger partial charge in [-0.05, 0) is 39.5 Å². The van der Waals surface area contributed by atoms with E-state index in [2.05, 4.69) is 25.9 Å². The maximum absolute atomic E-state index is 12.8. The predicted octanol–water partition coefficient (Wildman–Crippen LogP) is -4.00. The smallest absolute Gasteiger partial charge is 0.326 e. The molecule has 4 atom stereocenters. The van der Waals surface area contributed by atoms with E-state index in [4.69, 9.17) is 28.7 Å². The first-order chi connectivity index (χ1) is 15.3. The zero-order chi connectivity index (χ0) is 25.6. The maximum atomic E-state index is 12.8. The number of amides is 3. The van der Waals surface area contributed by atoms with Crippen molar-refractivity contribution < 1.29 is 24.3 Å². The molecule has 0 aromatic carbocycles. The van der Waals surface area contributed by atoms with Crippen LogP contribution in [0.25, 0.3) is 0 Å². The van der Waals surface area contributed by atoms with Crippen LogP contribution in [0.2, 0.25) is 0 Å². The molecule has 0 aliphatic carbocycles. The molecular weight excluding hydrogens is 436 g/mol. The standard InChI is InChI=1S/C18H36N10O5/c1-9(19)13(29)26-10(2)14(30)27-11(5-3-7-24-17(20)21)15(31)28-12(16(32)33)6-4-8-25-18(22)23/h9-12H,3-8,19H2,1-2H3,(H,26,29)(H,27,30)(H,28,31)(H,32,33)(H4,20,21,24)(H4,22,23,25)/t9-,10-,11-,12-/m0/s1. The van der Waals surface area contributed by atoms with Crippen molar-refractivity contribution in [2.24, 2.45) is 38.7 Å². The highest BCUT2D eigenvalue weighted by Gasteiger charge is 2.28. The Bertz CT molecular complexity index is 732. The molecule has 0 radical (unpaired) electrons. The number of hydrogen-bond donors (Lipinski definition) is 9. The van der Waals surface area contributed by atoms with Gasteiger partial charge in [0.2, 0.25) is 17.7 Å². The summed E-state index contributed by atoms with van der Waals surface area (Å²) in [6.45, 7) is 3.27. The Morgan fingerprint density at radius 3 is 1.64 bits per heavy atom. The van der Waals surface area contributed by atoms with Crippen molar-refractivity contribution in [3.8, 4) is 0 Å². The van der Waals surface area contributed by atoms with E-state index in [-0.39, 0.29) is 37.9 Å². The number of nitrogens with one attached hydrogen (secondary N) is 3. The molecular formula is C18H36N10O5. The van der Waals surface area contributed by atoms with E-state index >= 15 is 0 Å². The summed E-state index contributed by atoms with van der Waals surface area (Å²) in [5.41, 5.74) is 26.5. The molecule has 0 unspecified atom stereocenters. The quantitative estimate of drug-likeness (QED) is 0.0632. The van der Waals surface area contributed by atoms with E-state index in [1.54, 1.807) is 0 Å². The number of aliphatic carboxylic acids is 1. The molecule has 188 valence electrons. The molecule has 0 bridgehead atoms. The van der Waals surface area contributed by atoms with Crippen LogP contribution < -0.4 is 44.6 Å².